The van der Waals surface area contributed by atoms with E-state index in [-0.39, 0.29) is 30.2 Å². The average Bonchev–Trinajstić information content (AvgIpc) is 2.55. The van der Waals surface area contributed by atoms with Crippen LogP contribution in [0.5, 0.6) is 0 Å². The van der Waals surface area contributed by atoms with Gasteiger partial charge in [0, 0.05) is 0 Å². The van der Waals surface area contributed by atoms with Gasteiger partial charge in [-0.1, -0.05) is 12.7 Å². The normalized spacial score (nSPS) is 22.6. The van der Waals surface area contributed by atoms with E-state index >= 15 is 0 Å². The maximum absolute atomic E-state index is 12.3. The Morgan fingerprint density at radius 3 is 2.72 bits per heavy atom. The molecule has 2 aliphatic heterocycles. The number of carbonyl (C=O) groups is 3. The molecule has 9 nitrogen and oxygen atoms in total. The molecule has 134 valence electrons. The smallest absolute Gasteiger partial charge is 0.378 e. The standard InChI is InChI=1S/C13H14BNO8S2/c1-3-4-21-9(16)5-7-11(17)15-10(13(18)22-14)8(6-24-12(7)15)23-25(2,19)20/h3,7,12H,1,4-6H2,2H3/t7-,12-/m1/s1. The van der Waals surface area contributed by atoms with E-state index < -0.39 is 39.3 Å². The van der Waals surface area contributed by atoms with Crippen molar-refractivity contribution in [1.29, 1.82) is 0 Å². The zero-order chi connectivity index (χ0) is 18.8. The molecule has 0 aromatic rings. The molecule has 2 rings (SSSR count). The summed E-state index contributed by atoms with van der Waals surface area (Å²) in [7, 11) is 0.943. The molecule has 0 aromatic heterocycles. The Kier molecular flexibility index (Phi) is 5.83. The second kappa shape index (κ2) is 7.52. The molecule has 0 aromatic carbocycles. The Bertz CT molecular complexity index is 747. The summed E-state index contributed by atoms with van der Waals surface area (Å²) in [6.45, 7) is 3.44. The highest BCUT2D eigenvalue weighted by molar-refractivity contribution is 8.00. The summed E-state index contributed by atoms with van der Waals surface area (Å²) >= 11 is 1.15. The SMILES string of the molecule is [B]OC(=O)C1=C(OS(C)(=O)=O)CS[C@@H]2[C@H](CC(=O)OCC=C)C(=O)N12. The van der Waals surface area contributed by atoms with E-state index in [0.29, 0.717) is 0 Å². The van der Waals surface area contributed by atoms with Crippen LogP contribution in [0.15, 0.2) is 24.1 Å². The molecule has 0 unspecified atom stereocenters. The summed E-state index contributed by atoms with van der Waals surface area (Å²) in [5.74, 6) is -3.20. The zero-order valence-electron chi connectivity index (χ0n) is 13.2. The number of nitrogens with zero attached hydrogens (tertiary/aromatic N) is 1. The van der Waals surface area contributed by atoms with Crippen LogP contribution in [0.1, 0.15) is 6.42 Å². The predicted molar refractivity (Wildman–Crippen MR) is 87.2 cm³/mol. The van der Waals surface area contributed by atoms with Gasteiger partial charge in [0.05, 0.1) is 29.7 Å². The van der Waals surface area contributed by atoms with E-state index in [1.807, 2.05) is 0 Å². The first-order valence-corrected chi connectivity index (χ1v) is 9.81. The fourth-order valence-electron chi connectivity index (χ4n) is 2.41. The van der Waals surface area contributed by atoms with Gasteiger partial charge in [-0.3, -0.25) is 14.5 Å². The predicted octanol–water partition coefficient (Wildman–Crippen LogP) is -0.548. The van der Waals surface area contributed by atoms with Crippen molar-refractivity contribution in [3.05, 3.63) is 24.1 Å². The van der Waals surface area contributed by atoms with E-state index in [2.05, 4.69) is 11.2 Å². The number of amides is 1. The summed E-state index contributed by atoms with van der Waals surface area (Å²) in [6.07, 6.45) is 2.03. The number of thioether (sulfide) groups is 1. The van der Waals surface area contributed by atoms with Gasteiger partial charge in [0.25, 0.3) is 0 Å². The van der Waals surface area contributed by atoms with Gasteiger partial charge >= 0.3 is 30.1 Å². The van der Waals surface area contributed by atoms with Crippen molar-refractivity contribution >= 4 is 47.8 Å². The lowest BCUT2D eigenvalue weighted by atomic mass is 9.93. The van der Waals surface area contributed by atoms with Gasteiger partial charge in [0.1, 0.15) is 6.61 Å². The van der Waals surface area contributed by atoms with Crippen LogP contribution >= 0.6 is 11.8 Å². The fourth-order valence-corrected chi connectivity index (χ4v) is 4.31. The lowest BCUT2D eigenvalue weighted by molar-refractivity contribution is -0.158. The molecule has 25 heavy (non-hydrogen) atoms. The molecule has 2 atom stereocenters. The molecule has 1 amide bonds. The highest BCUT2D eigenvalue weighted by atomic mass is 32.2. The third-order valence-electron chi connectivity index (χ3n) is 3.34. The van der Waals surface area contributed by atoms with Gasteiger partial charge in [-0.05, 0) is 0 Å². The minimum absolute atomic E-state index is 0.00977. The molecule has 0 saturated carbocycles. The molecule has 2 radical (unpaired) electrons. The van der Waals surface area contributed by atoms with Crippen molar-refractivity contribution in [3.63, 3.8) is 0 Å². The Morgan fingerprint density at radius 2 is 2.16 bits per heavy atom. The molecule has 1 saturated heterocycles. The molecule has 1 fully saturated rings. The first kappa shape index (κ1) is 19.4. The number of rotatable bonds is 7. The second-order valence-electron chi connectivity index (χ2n) is 5.16. The summed E-state index contributed by atoms with van der Waals surface area (Å²) in [5.41, 5.74) is -0.377. The summed E-state index contributed by atoms with van der Waals surface area (Å²) in [5, 5.41) is -0.551. The van der Waals surface area contributed by atoms with Crippen molar-refractivity contribution < 1.29 is 36.4 Å². The number of ether oxygens (including phenoxy) is 1. The van der Waals surface area contributed by atoms with Crippen molar-refractivity contribution in [3.8, 4) is 0 Å². The number of fused-ring (bicyclic) bond motifs is 1. The van der Waals surface area contributed by atoms with E-state index in [0.717, 1.165) is 22.9 Å². The van der Waals surface area contributed by atoms with Gasteiger partial charge in [0.2, 0.25) is 5.91 Å². The van der Waals surface area contributed by atoms with Gasteiger partial charge in [-0.15, -0.1) is 11.8 Å². The van der Waals surface area contributed by atoms with Crippen LogP contribution in [0.4, 0.5) is 0 Å². The Hall–Kier alpha value is -1.95. The van der Waals surface area contributed by atoms with Crippen LogP contribution in [0.3, 0.4) is 0 Å². The average molecular weight is 387 g/mol. The van der Waals surface area contributed by atoms with Gasteiger partial charge < -0.3 is 13.6 Å². The summed E-state index contributed by atoms with van der Waals surface area (Å²) in [6, 6.07) is 0. The molecule has 2 heterocycles. The Balaban J connectivity index is 2.22. The van der Waals surface area contributed by atoms with Crippen LogP contribution in [0, 0.1) is 5.92 Å². The largest absolute Gasteiger partial charge is 0.539 e. The topological polar surface area (TPSA) is 116 Å². The van der Waals surface area contributed by atoms with Crippen molar-refractivity contribution in [1.82, 2.24) is 4.90 Å². The Labute approximate surface area is 149 Å². The second-order valence-corrected chi connectivity index (χ2v) is 7.84. The van der Waals surface area contributed by atoms with Crippen LogP contribution in [-0.2, 0) is 38.1 Å². The third-order valence-corrected chi connectivity index (χ3v) is 5.16. The van der Waals surface area contributed by atoms with Gasteiger partial charge in [0.15, 0.2) is 11.5 Å². The molecular weight excluding hydrogens is 373 g/mol. The van der Waals surface area contributed by atoms with Crippen LogP contribution in [0.25, 0.3) is 0 Å². The van der Waals surface area contributed by atoms with Crippen molar-refractivity contribution in [2.75, 3.05) is 18.6 Å². The lowest BCUT2D eigenvalue weighted by Crippen LogP contribution is -2.62. The summed E-state index contributed by atoms with van der Waals surface area (Å²) in [4.78, 5) is 36.9. The number of β-lactam (4-membered cyclic amide) rings is 1. The fraction of sp³-hybridized carbons (Fsp3) is 0.462. The number of carbonyl (C=O) groups excluding carboxylic acids is 3. The van der Waals surface area contributed by atoms with Crippen LogP contribution < -0.4 is 0 Å². The van der Waals surface area contributed by atoms with E-state index in [1.54, 1.807) is 0 Å². The molecule has 0 aliphatic carbocycles. The Morgan fingerprint density at radius 1 is 1.48 bits per heavy atom. The van der Waals surface area contributed by atoms with Crippen LogP contribution in [0.2, 0.25) is 0 Å². The molecule has 0 spiro atoms. The molecular formula is C13H14BNO8S2. The molecule has 0 N–H and O–H groups in total. The quantitative estimate of drug-likeness (QED) is 0.187. The highest BCUT2D eigenvalue weighted by Gasteiger charge is 2.55. The monoisotopic (exact) mass is 387 g/mol. The molecule has 2 aliphatic rings. The van der Waals surface area contributed by atoms with E-state index in [4.69, 9.17) is 17.0 Å². The van der Waals surface area contributed by atoms with Gasteiger partial charge in [-0.2, -0.15) is 8.42 Å². The maximum Gasteiger partial charge on any atom is 0.378 e. The van der Waals surface area contributed by atoms with Crippen LogP contribution in [-0.4, -0.2) is 63.2 Å². The van der Waals surface area contributed by atoms with Crippen molar-refractivity contribution in [2.45, 2.75) is 11.8 Å². The van der Waals surface area contributed by atoms with E-state index in [9.17, 15) is 22.8 Å². The zero-order valence-corrected chi connectivity index (χ0v) is 14.8. The highest BCUT2D eigenvalue weighted by Crippen LogP contribution is 2.45. The van der Waals surface area contributed by atoms with Gasteiger partial charge in [-0.25, -0.2) is 4.79 Å². The number of hydrogen-bond acceptors (Lipinski definition) is 9. The molecule has 12 heteroatoms. The molecule has 0 bridgehead atoms. The number of esters is 1. The number of hydrogen-bond donors (Lipinski definition) is 0. The first-order valence-electron chi connectivity index (χ1n) is 6.94. The first-order chi connectivity index (χ1) is 11.7. The minimum Gasteiger partial charge on any atom is -0.539 e. The van der Waals surface area contributed by atoms with E-state index in [1.165, 1.54) is 6.08 Å². The lowest BCUT2D eigenvalue weighted by Gasteiger charge is -2.48. The third kappa shape index (κ3) is 4.18. The maximum atomic E-state index is 12.3. The summed E-state index contributed by atoms with van der Waals surface area (Å²) < 4.78 is 36.4. The minimum atomic E-state index is -3.92. The van der Waals surface area contributed by atoms with Crippen molar-refractivity contribution in [2.24, 2.45) is 5.92 Å².